The first-order chi connectivity index (χ1) is 14.3. The average Bonchev–Trinajstić information content (AvgIpc) is 3.35. The highest BCUT2D eigenvalue weighted by atomic mass is 16.5. The molecule has 7 heteroatoms. The number of carbonyl (C=O) groups excluding carboxylic acids is 1. The highest BCUT2D eigenvalue weighted by molar-refractivity contribution is 6.07. The SMILES string of the molecule is O=C(c1ccccc1)N1Cc2c(-c3nc(C4CC4)no3)ncn2-c2ccccc21. The summed E-state index contributed by atoms with van der Waals surface area (Å²) in [5.41, 5.74) is 3.88. The van der Waals surface area contributed by atoms with Gasteiger partial charge in [0.15, 0.2) is 11.5 Å². The second-order valence-corrected chi connectivity index (χ2v) is 7.39. The standard InChI is InChI=1S/C22H17N5O2/c28-22(15-6-2-1-3-7-15)26-12-18-19(21-24-20(25-29-21)14-10-11-14)23-13-27(18)17-9-5-4-8-16(17)26/h1-9,13-14H,10-12H2. The van der Waals surface area contributed by atoms with Crippen molar-refractivity contribution in [3.8, 4) is 17.3 Å². The van der Waals surface area contributed by atoms with Crippen molar-refractivity contribution < 1.29 is 9.32 Å². The third-order valence-electron chi connectivity index (χ3n) is 5.46. The summed E-state index contributed by atoms with van der Waals surface area (Å²) in [5, 5.41) is 4.11. The summed E-state index contributed by atoms with van der Waals surface area (Å²) >= 11 is 0. The van der Waals surface area contributed by atoms with E-state index in [4.69, 9.17) is 4.52 Å². The van der Waals surface area contributed by atoms with Crippen LogP contribution in [0.4, 0.5) is 5.69 Å². The van der Waals surface area contributed by atoms with Gasteiger partial charge >= 0.3 is 0 Å². The summed E-state index contributed by atoms with van der Waals surface area (Å²) in [6.07, 6.45) is 3.97. The van der Waals surface area contributed by atoms with E-state index < -0.39 is 0 Å². The number of anilines is 1. The fourth-order valence-electron chi connectivity index (χ4n) is 3.80. The molecule has 0 atom stereocenters. The third-order valence-corrected chi connectivity index (χ3v) is 5.46. The Balaban J connectivity index is 1.46. The van der Waals surface area contributed by atoms with Crippen molar-refractivity contribution in [3.05, 3.63) is 78.0 Å². The summed E-state index contributed by atoms with van der Waals surface area (Å²) in [5.74, 6) is 1.51. The zero-order chi connectivity index (χ0) is 19.4. The van der Waals surface area contributed by atoms with E-state index in [0.29, 0.717) is 29.6 Å². The lowest BCUT2D eigenvalue weighted by molar-refractivity contribution is 0.0984. The lowest BCUT2D eigenvalue weighted by Gasteiger charge is -2.30. The van der Waals surface area contributed by atoms with Gasteiger partial charge in [-0.2, -0.15) is 4.98 Å². The van der Waals surface area contributed by atoms with E-state index in [0.717, 1.165) is 35.7 Å². The van der Waals surface area contributed by atoms with Crippen LogP contribution in [0.1, 0.15) is 40.6 Å². The minimum Gasteiger partial charge on any atom is -0.332 e. The quantitative estimate of drug-likeness (QED) is 0.535. The minimum absolute atomic E-state index is 0.0550. The van der Waals surface area contributed by atoms with Crippen molar-refractivity contribution in [2.45, 2.75) is 25.3 Å². The molecule has 2 aromatic heterocycles. The molecular formula is C22H17N5O2. The zero-order valence-corrected chi connectivity index (χ0v) is 15.5. The van der Waals surface area contributed by atoms with Crippen molar-refractivity contribution in [2.75, 3.05) is 4.90 Å². The summed E-state index contributed by atoms with van der Waals surface area (Å²) in [6, 6.07) is 17.1. The molecule has 1 saturated carbocycles. The van der Waals surface area contributed by atoms with Crippen molar-refractivity contribution >= 4 is 11.6 Å². The first kappa shape index (κ1) is 16.2. The lowest BCUT2D eigenvalue weighted by atomic mass is 10.1. The van der Waals surface area contributed by atoms with Gasteiger partial charge in [-0.3, -0.25) is 9.36 Å². The first-order valence-electron chi connectivity index (χ1n) is 9.66. The monoisotopic (exact) mass is 383 g/mol. The van der Waals surface area contributed by atoms with Gasteiger partial charge in [-0.25, -0.2) is 4.98 Å². The molecule has 1 amide bonds. The van der Waals surface area contributed by atoms with E-state index in [2.05, 4.69) is 15.1 Å². The second kappa shape index (κ2) is 6.13. The highest BCUT2D eigenvalue weighted by Crippen LogP contribution is 2.40. The fourth-order valence-corrected chi connectivity index (χ4v) is 3.80. The topological polar surface area (TPSA) is 77.1 Å². The van der Waals surface area contributed by atoms with Gasteiger partial charge in [0, 0.05) is 11.5 Å². The Labute approximate surface area is 166 Å². The van der Waals surface area contributed by atoms with Crippen LogP contribution in [0.3, 0.4) is 0 Å². The minimum atomic E-state index is -0.0550. The van der Waals surface area contributed by atoms with Crippen molar-refractivity contribution in [1.82, 2.24) is 19.7 Å². The molecular weight excluding hydrogens is 366 g/mol. The Hall–Kier alpha value is -3.74. The number of rotatable bonds is 3. The average molecular weight is 383 g/mol. The molecule has 0 radical (unpaired) electrons. The van der Waals surface area contributed by atoms with Gasteiger partial charge in [0.2, 0.25) is 0 Å². The summed E-state index contributed by atoms with van der Waals surface area (Å²) < 4.78 is 7.50. The Morgan fingerprint density at radius 1 is 1.00 bits per heavy atom. The molecule has 29 heavy (non-hydrogen) atoms. The molecule has 1 aliphatic heterocycles. The van der Waals surface area contributed by atoms with Crippen LogP contribution in [0.15, 0.2) is 65.4 Å². The molecule has 0 bridgehead atoms. The number of imidazole rings is 1. The molecule has 2 aromatic carbocycles. The van der Waals surface area contributed by atoms with Gasteiger partial charge in [-0.1, -0.05) is 35.5 Å². The van der Waals surface area contributed by atoms with Crippen LogP contribution in [0.25, 0.3) is 17.3 Å². The Morgan fingerprint density at radius 3 is 2.55 bits per heavy atom. The number of nitrogens with zero attached hydrogens (tertiary/aromatic N) is 5. The van der Waals surface area contributed by atoms with Gasteiger partial charge in [0.1, 0.15) is 6.33 Å². The van der Waals surface area contributed by atoms with E-state index in [-0.39, 0.29) is 5.91 Å². The number of aromatic nitrogens is 4. The molecule has 0 spiro atoms. The lowest BCUT2D eigenvalue weighted by Crippen LogP contribution is -2.35. The molecule has 0 unspecified atom stereocenters. The molecule has 3 heterocycles. The van der Waals surface area contributed by atoms with E-state index in [1.54, 1.807) is 11.2 Å². The van der Waals surface area contributed by atoms with E-state index in [1.165, 1.54) is 0 Å². The highest BCUT2D eigenvalue weighted by Gasteiger charge is 2.33. The van der Waals surface area contributed by atoms with Crippen LogP contribution in [0.5, 0.6) is 0 Å². The normalized spacial score (nSPS) is 15.1. The van der Waals surface area contributed by atoms with Crippen molar-refractivity contribution in [3.63, 3.8) is 0 Å². The summed E-state index contributed by atoms with van der Waals surface area (Å²) in [4.78, 5) is 24.2. The predicted octanol–water partition coefficient (Wildman–Crippen LogP) is 3.96. The Bertz CT molecular complexity index is 1220. The number of carbonyl (C=O) groups is 1. The predicted molar refractivity (Wildman–Crippen MR) is 106 cm³/mol. The Morgan fingerprint density at radius 2 is 1.76 bits per heavy atom. The van der Waals surface area contributed by atoms with Crippen LogP contribution >= 0.6 is 0 Å². The number of fused-ring (bicyclic) bond motifs is 3. The zero-order valence-electron chi connectivity index (χ0n) is 15.5. The van der Waals surface area contributed by atoms with Crippen molar-refractivity contribution in [1.29, 1.82) is 0 Å². The summed E-state index contributed by atoms with van der Waals surface area (Å²) in [7, 11) is 0. The third kappa shape index (κ3) is 2.58. The van der Waals surface area contributed by atoms with Gasteiger partial charge in [0.05, 0.1) is 23.6 Å². The number of hydrogen-bond acceptors (Lipinski definition) is 5. The van der Waals surface area contributed by atoms with Crippen LogP contribution < -0.4 is 4.90 Å². The van der Waals surface area contributed by atoms with Gasteiger partial charge in [-0.15, -0.1) is 0 Å². The molecule has 6 rings (SSSR count). The molecule has 142 valence electrons. The largest absolute Gasteiger partial charge is 0.332 e. The first-order valence-corrected chi connectivity index (χ1v) is 9.66. The maximum atomic E-state index is 13.3. The molecule has 0 N–H and O–H groups in total. The molecule has 4 aromatic rings. The van der Waals surface area contributed by atoms with Crippen molar-refractivity contribution in [2.24, 2.45) is 0 Å². The van der Waals surface area contributed by atoms with Crippen LogP contribution in [0, 0.1) is 0 Å². The molecule has 2 aliphatic rings. The maximum absolute atomic E-state index is 13.3. The molecule has 1 aliphatic carbocycles. The van der Waals surface area contributed by atoms with Gasteiger partial charge < -0.3 is 9.42 Å². The fraction of sp³-hybridized carbons (Fsp3) is 0.182. The van der Waals surface area contributed by atoms with E-state index in [9.17, 15) is 4.79 Å². The summed E-state index contributed by atoms with van der Waals surface area (Å²) in [6.45, 7) is 0.376. The number of amides is 1. The number of hydrogen-bond donors (Lipinski definition) is 0. The molecule has 0 saturated heterocycles. The Kier molecular flexibility index (Phi) is 3.43. The second-order valence-electron chi connectivity index (χ2n) is 7.39. The van der Waals surface area contributed by atoms with E-state index in [1.807, 2.05) is 59.2 Å². The van der Waals surface area contributed by atoms with Crippen LogP contribution in [-0.2, 0) is 6.54 Å². The molecule has 7 nitrogen and oxygen atoms in total. The smallest absolute Gasteiger partial charge is 0.278 e. The number of benzene rings is 2. The number of para-hydroxylation sites is 2. The van der Waals surface area contributed by atoms with E-state index >= 15 is 0 Å². The van der Waals surface area contributed by atoms with Crippen LogP contribution in [0.2, 0.25) is 0 Å². The van der Waals surface area contributed by atoms with Gasteiger partial charge in [-0.05, 0) is 37.1 Å². The van der Waals surface area contributed by atoms with Gasteiger partial charge in [0.25, 0.3) is 11.8 Å². The molecule has 1 fully saturated rings. The maximum Gasteiger partial charge on any atom is 0.278 e. The van der Waals surface area contributed by atoms with Crippen LogP contribution in [-0.4, -0.2) is 25.6 Å².